The third-order valence-electron chi connectivity index (χ3n) is 4.19. The Balaban J connectivity index is 1.86. The highest BCUT2D eigenvalue weighted by atomic mass is 16.2. The molecule has 2 atom stereocenters. The molecule has 20 heavy (non-hydrogen) atoms. The summed E-state index contributed by atoms with van der Waals surface area (Å²) in [6, 6.07) is 10.0. The van der Waals surface area contributed by atoms with E-state index in [4.69, 9.17) is 5.73 Å². The van der Waals surface area contributed by atoms with Crippen molar-refractivity contribution in [2.24, 2.45) is 11.7 Å². The Morgan fingerprint density at radius 2 is 2.00 bits per heavy atom. The van der Waals surface area contributed by atoms with E-state index in [1.165, 1.54) is 19.3 Å². The Morgan fingerprint density at radius 1 is 1.30 bits per heavy atom. The molecule has 1 aliphatic rings. The first-order valence-electron chi connectivity index (χ1n) is 7.46. The van der Waals surface area contributed by atoms with Crippen molar-refractivity contribution in [2.45, 2.75) is 31.7 Å². The van der Waals surface area contributed by atoms with Crippen LogP contribution in [0.4, 0.5) is 5.69 Å². The molecule has 0 heterocycles. The van der Waals surface area contributed by atoms with Crippen molar-refractivity contribution in [3.8, 4) is 0 Å². The summed E-state index contributed by atoms with van der Waals surface area (Å²) in [6.45, 7) is 1.14. The number of anilines is 1. The van der Waals surface area contributed by atoms with Gasteiger partial charge in [0.15, 0.2) is 0 Å². The highest BCUT2D eigenvalue weighted by Crippen LogP contribution is 2.27. The number of hydrogen-bond donors (Lipinski definition) is 2. The van der Waals surface area contributed by atoms with E-state index in [1.807, 2.05) is 37.4 Å². The highest BCUT2D eigenvalue weighted by molar-refractivity contribution is 5.92. The predicted octanol–water partition coefficient (Wildman–Crippen LogP) is 2.07. The minimum absolute atomic E-state index is 0.0417. The Labute approximate surface area is 121 Å². The lowest BCUT2D eigenvalue weighted by molar-refractivity contribution is -0.117. The van der Waals surface area contributed by atoms with Crippen molar-refractivity contribution < 1.29 is 4.79 Å². The van der Waals surface area contributed by atoms with Gasteiger partial charge in [-0.1, -0.05) is 31.0 Å². The number of carbonyl (C=O) groups is 1. The monoisotopic (exact) mass is 275 g/mol. The maximum absolute atomic E-state index is 12.1. The van der Waals surface area contributed by atoms with Crippen LogP contribution in [-0.4, -0.2) is 37.0 Å². The van der Waals surface area contributed by atoms with Crippen molar-refractivity contribution in [1.82, 2.24) is 4.90 Å². The normalized spacial score (nSPS) is 22.8. The van der Waals surface area contributed by atoms with E-state index < -0.39 is 0 Å². The third kappa shape index (κ3) is 4.05. The van der Waals surface area contributed by atoms with Crippen molar-refractivity contribution in [3.63, 3.8) is 0 Å². The lowest BCUT2D eigenvalue weighted by Gasteiger charge is -2.37. The van der Waals surface area contributed by atoms with Crippen molar-refractivity contribution in [2.75, 3.05) is 25.5 Å². The first-order valence-corrected chi connectivity index (χ1v) is 7.46. The molecule has 1 aliphatic carbocycles. The lowest BCUT2D eigenvalue weighted by atomic mass is 9.84. The van der Waals surface area contributed by atoms with Crippen LogP contribution in [0.2, 0.25) is 0 Å². The minimum atomic E-state index is 0.0417. The van der Waals surface area contributed by atoms with Gasteiger partial charge in [0.05, 0.1) is 6.54 Å². The standard InChI is InChI=1S/C16H25N3O/c1-19(15-10-6-5-7-13(15)11-17)12-16(20)18-14-8-3-2-4-9-14/h2-4,8-9,13,15H,5-7,10-12,17H2,1H3,(H,18,20). The summed E-state index contributed by atoms with van der Waals surface area (Å²) < 4.78 is 0. The van der Waals surface area contributed by atoms with Gasteiger partial charge in [-0.3, -0.25) is 9.69 Å². The number of nitrogens with zero attached hydrogens (tertiary/aromatic N) is 1. The molecule has 2 rings (SSSR count). The maximum atomic E-state index is 12.1. The number of rotatable bonds is 5. The molecule has 4 nitrogen and oxygen atoms in total. The molecule has 0 aromatic heterocycles. The Bertz CT molecular complexity index is 421. The van der Waals surface area contributed by atoms with Gasteiger partial charge in [0.25, 0.3) is 0 Å². The molecule has 3 N–H and O–H groups in total. The van der Waals surface area contributed by atoms with E-state index >= 15 is 0 Å². The summed E-state index contributed by atoms with van der Waals surface area (Å²) in [4.78, 5) is 14.2. The molecule has 1 saturated carbocycles. The van der Waals surface area contributed by atoms with Crippen LogP contribution in [0.15, 0.2) is 30.3 Å². The zero-order valence-corrected chi connectivity index (χ0v) is 12.2. The molecule has 110 valence electrons. The van der Waals surface area contributed by atoms with Gasteiger partial charge in [-0.25, -0.2) is 0 Å². The second-order valence-electron chi connectivity index (χ2n) is 5.68. The summed E-state index contributed by atoms with van der Waals surface area (Å²) in [5.74, 6) is 0.568. The fourth-order valence-corrected chi connectivity index (χ4v) is 3.11. The average Bonchev–Trinajstić information content (AvgIpc) is 2.48. The highest BCUT2D eigenvalue weighted by Gasteiger charge is 2.28. The molecule has 0 radical (unpaired) electrons. The van der Waals surface area contributed by atoms with E-state index in [9.17, 15) is 4.79 Å². The summed E-state index contributed by atoms with van der Waals surface area (Å²) in [7, 11) is 2.03. The van der Waals surface area contributed by atoms with Gasteiger partial charge in [0, 0.05) is 11.7 Å². The number of nitrogens with one attached hydrogen (secondary N) is 1. The fourth-order valence-electron chi connectivity index (χ4n) is 3.11. The number of benzene rings is 1. The molecule has 0 saturated heterocycles. The van der Waals surface area contributed by atoms with Crippen molar-refractivity contribution >= 4 is 11.6 Å². The first-order chi connectivity index (χ1) is 9.70. The largest absolute Gasteiger partial charge is 0.330 e. The second-order valence-corrected chi connectivity index (χ2v) is 5.68. The van der Waals surface area contributed by atoms with E-state index in [1.54, 1.807) is 0 Å². The molecular formula is C16H25N3O. The zero-order chi connectivity index (χ0) is 14.4. The zero-order valence-electron chi connectivity index (χ0n) is 12.2. The van der Waals surface area contributed by atoms with Gasteiger partial charge < -0.3 is 11.1 Å². The SMILES string of the molecule is CN(CC(=O)Nc1ccccc1)C1CCCCC1CN. The second kappa shape index (κ2) is 7.41. The van der Waals surface area contributed by atoms with Crippen LogP contribution in [0.1, 0.15) is 25.7 Å². The molecule has 0 bridgehead atoms. The summed E-state index contributed by atoms with van der Waals surface area (Å²) in [6.07, 6.45) is 4.84. The molecule has 1 aromatic carbocycles. The van der Waals surface area contributed by atoms with Gasteiger partial charge in [-0.2, -0.15) is 0 Å². The predicted molar refractivity (Wildman–Crippen MR) is 82.5 cm³/mol. The topological polar surface area (TPSA) is 58.4 Å². The van der Waals surface area contributed by atoms with E-state index in [2.05, 4.69) is 10.2 Å². The molecule has 1 fully saturated rings. The molecule has 1 amide bonds. The van der Waals surface area contributed by atoms with Gasteiger partial charge in [0.1, 0.15) is 0 Å². The minimum Gasteiger partial charge on any atom is -0.330 e. The lowest BCUT2D eigenvalue weighted by Crippen LogP contribution is -2.45. The Morgan fingerprint density at radius 3 is 2.70 bits per heavy atom. The van der Waals surface area contributed by atoms with E-state index in [-0.39, 0.29) is 5.91 Å². The number of nitrogens with two attached hydrogens (primary N) is 1. The van der Waals surface area contributed by atoms with Crippen molar-refractivity contribution in [3.05, 3.63) is 30.3 Å². The smallest absolute Gasteiger partial charge is 0.238 e. The van der Waals surface area contributed by atoms with Crippen LogP contribution in [0.3, 0.4) is 0 Å². The average molecular weight is 275 g/mol. The van der Waals surface area contributed by atoms with Crippen LogP contribution in [-0.2, 0) is 4.79 Å². The number of carbonyl (C=O) groups excluding carboxylic acids is 1. The van der Waals surface area contributed by atoms with Crippen LogP contribution in [0.5, 0.6) is 0 Å². The molecule has 0 spiro atoms. The van der Waals surface area contributed by atoms with Gasteiger partial charge in [-0.05, 0) is 44.5 Å². The van der Waals surface area contributed by atoms with Gasteiger partial charge in [-0.15, -0.1) is 0 Å². The molecule has 0 aliphatic heterocycles. The maximum Gasteiger partial charge on any atom is 0.238 e. The van der Waals surface area contributed by atoms with Crippen LogP contribution in [0.25, 0.3) is 0 Å². The number of hydrogen-bond acceptors (Lipinski definition) is 3. The Hall–Kier alpha value is -1.39. The van der Waals surface area contributed by atoms with Gasteiger partial charge in [0.2, 0.25) is 5.91 Å². The third-order valence-corrected chi connectivity index (χ3v) is 4.19. The van der Waals surface area contributed by atoms with Gasteiger partial charge >= 0.3 is 0 Å². The summed E-state index contributed by atoms with van der Waals surface area (Å²) in [5, 5.41) is 2.93. The first kappa shape index (κ1) is 15.0. The van der Waals surface area contributed by atoms with E-state index in [0.717, 1.165) is 18.7 Å². The van der Waals surface area contributed by atoms with E-state index in [0.29, 0.717) is 18.5 Å². The van der Waals surface area contributed by atoms with Crippen LogP contribution in [0, 0.1) is 5.92 Å². The fraction of sp³-hybridized carbons (Fsp3) is 0.562. The number of likely N-dealkylation sites (N-methyl/N-ethyl adjacent to an activating group) is 1. The molecule has 1 aromatic rings. The Kier molecular flexibility index (Phi) is 5.56. The number of para-hydroxylation sites is 1. The summed E-state index contributed by atoms with van der Waals surface area (Å²) in [5.41, 5.74) is 6.71. The molecule has 2 unspecified atom stereocenters. The number of amides is 1. The van der Waals surface area contributed by atoms with Crippen LogP contribution < -0.4 is 11.1 Å². The quantitative estimate of drug-likeness (QED) is 0.865. The van der Waals surface area contributed by atoms with Crippen molar-refractivity contribution in [1.29, 1.82) is 0 Å². The molecule has 4 heteroatoms. The molecular weight excluding hydrogens is 250 g/mol. The summed E-state index contributed by atoms with van der Waals surface area (Å²) >= 11 is 0. The van der Waals surface area contributed by atoms with Crippen LogP contribution >= 0.6 is 0 Å².